The third-order valence-electron chi connectivity index (χ3n) is 4.75. The van der Waals surface area contributed by atoms with E-state index in [-0.39, 0.29) is 17.2 Å². The van der Waals surface area contributed by atoms with Gasteiger partial charge in [-0.1, -0.05) is 32.3 Å². The van der Waals surface area contributed by atoms with Crippen LogP contribution < -0.4 is 10.9 Å². The maximum absolute atomic E-state index is 12.4. The number of thiophene rings is 1. The number of hydrogen-bond donors (Lipinski definition) is 2. The summed E-state index contributed by atoms with van der Waals surface area (Å²) in [5.74, 6) is 0.936. The monoisotopic (exact) mass is 360 g/mol. The van der Waals surface area contributed by atoms with Crippen LogP contribution in [0.4, 0.5) is 0 Å². The molecule has 25 heavy (non-hydrogen) atoms. The minimum atomic E-state index is -0.398. The largest absolute Gasteiger partial charge is 0.347 e. The third-order valence-corrected chi connectivity index (χ3v) is 5.63. The van der Waals surface area contributed by atoms with E-state index in [1.165, 1.54) is 30.6 Å². The number of hydrogen-bond acceptors (Lipinski definition) is 5. The molecule has 3 rings (SSSR count). The Morgan fingerprint density at radius 1 is 1.36 bits per heavy atom. The van der Waals surface area contributed by atoms with Crippen LogP contribution in [0.15, 0.2) is 22.3 Å². The molecular weight excluding hydrogens is 336 g/mol. The van der Waals surface area contributed by atoms with Crippen LogP contribution in [-0.2, 0) is 4.79 Å². The van der Waals surface area contributed by atoms with Gasteiger partial charge in [-0.3, -0.25) is 9.59 Å². The SMILES string of the molecule is CCC(NC(=O)CC1CCCCC1)c1nnc(-c2cccs2)[nH]c1=O. The molecule has 1 unspecified atom stereocenters. The number of aromatic amines is 1. The summed E-state index contributed by atoms with van der Waals surface area (Å²) in [5, 5.41) is 13.1. The first-order valence-corrected chi connectivity index (χ1v) is 9.85. The molecule has 1 aliphatic carbocycles. The average molecular weight is 360 g/mol. The van der Waals surface area contributed by atoms with E-state index in [0.717, 1.165) is 17.7 Å². The Morgan fingerprint density at radius 2 is 2.16 bits per heavy atom. The predicted molar refractivity (Wildman–Crippen MR) is 98.3 cm³/mol. The molecule has 0 spiro atoms. The zero-order valence-electron chi connectivity index (χ0n) is 14.5. The molecule has 0 saturated heterocycles. The van der Waals surface area contributed by atoms with Crippen LogP contribution in [0.3, 0.4) is 0 Å². The fourth-order valence-electron chi connectivity index (χ4n) is 3.37. The molecule has 0 aromatic carbocycles. The maximum Gasteiger partial charge on any atom is 0.275 e. The lowest BCUT2D eigenvalue weighted by molar-refractivity contribution is -0.123. The minimum Gasteiger partial charge on any atom is -0.347 e. The lowest BCUT2D eigenvalue weighted by Gasteiger charge is -2.22. The van der Waals surface area contributed by atoms with E-state index in [0.29, 0.717) is 24.6 Å². The van der Waals surface area contributed by atoms with Gasteiger partial charge in [-0.2, -0.15) is 0 Å². The molecule has 0 aliphatic heterocycles. The molecule has 0 radical (unpaired) electrons. The highest BCUT2D eigenvalue weighted by Crippen LogP contribution is 2.26. The predicted octanol–water partition coefficient (Wildman–Crippen LogP) is 3.43. The van der Waals surface area contributed by atoms with Crippen LogP contribution in [0.1, 0.15) is 63.6 Å². The minimum absolute atomic E-state index is 0.00211. The molecule has 6 nitrogen and oxygen atoms in total. The van der Waals surface area contributed by atoms with Crippen LogP contribution in [0, 0.1) is 5.92 Å². The molecule has 2 N–H and O–H groups in total. The van der Waals surface area contributed by atoms with Crippen molar-refractivity contribution >= 4 is 17.2 Å². The van der Waals surface area contributed by atoms with Crippen molar-refractivity contribution in [2.24, 2.45) is 5.92 Å². The Kier molecular flexibility index (Phi) is 5.96. The second kappa shape index (κ2) is 8.38. The number of rotatable bonds is 6. The number of amides is 1. The average Bonchev–Trinajstić information content (AvgIpc) is 3.15. The number of H-pyrrole nitrogens is 1. The first-order valence-electron chi connectivity index (χ1n) is 8.97. The van der Waals surface area contributed by atoms with E-state index in [1.807, 2.05) is 24.4 Å². The normalized spacial score (nSPS) is 16.5. The van der Waals surface area contributed by atoms with Gasteiger partial charge in [-0.25, -0.2) is 0 Å². The van der Waals surface area contributed by atoms with Crippen molar-refractivity contribution < 1.29 is 4.79 Å². The number of aromatic nitrogens is 3. The summed E-state index contributed by atoms with van der Waals surface area (Å²) in [5.41, 5.74) is -0.0111. The van der Waals surface area contributed by atoms with Gasteiger partial charge >= 0.3 is 0 Å². The molecule has 1 saturated carbocycles. The fraction of sp³-hybridized carbons (Fsp3) is 0.556. The molecule has 1 fully saturated rings. The van der Waals surface area contributed by atoms with Gasteiger partial charge in [-0.15, -0.1) is 21.5 Å². The van der Waals surface area contributed by atoms with E-state index in [2.05, 4.69) is 20.5 Å². The molecule has 1 aliphatic rings. The number of nitrogens with one attached hydrogen (secondary N) is 2. The van der Waals surface area contributed by atoms with Crippen LogP contribution in [-0.4, -0.2) is 21.1 Å². The van der Waals surface area contributed by atoms with Gasteiger partial charge in [-0.05, 0) is 36.6 Å². The van der Waals surface area contributed by atoms with Crippen LogP contribution in [0.5, 0.6) is 0 Å². The first-order chi connectivity index (χ1) is 12.2. The highest BCUT2D eigenvalue weighted by atomic mass is 32.1. The van der Waals surface area contributed by atoms with Crippen molar-refractivity contribution in [2.75, 3.05) is 0 Å². The van der Waals surface area contributed by atoms with Gasteiger partial charge in [0.25, 0.3) is 5.56 Å². The van der Waals surface area contributed by atoms with E-state index in [9.17, 15) is 9.59 Å². The first kappa shape index (κ1) is 17.8. The van der Waals surface area contributed by atoms with Gasteiger partial charge in [0, 0.05) is 6.42 Å². The van der Waals surface area contributed by atoms with Crippen LogP contribution in [0.25, 0.3) is 10.7 Å². The van der Waals surface area contributed by atoms with E-state index < -0.39 is 6.04 Å². The van der Waals surface area contributed by atoms with Gasteiger partial charge in [0.15, 0.2) is 11.5 Å². The molecule has 2 aromatic heterocycles. The van der Waals surface area contributed by atoms with Crippen molar-refractivity contribution in [3.63, 3.8) is 0 Å². The Morgan fingerprint density at radius 3 is 2.80 bits per heavy atom. The Hall–Kier alpha value is -2.02. The molecule has 0 bridgehead atoms. The topological polar surface area (TPSA) is 87.7 Å². The zero-order valence-corrected chi connectivity index (χ0v) is 15.3. The highest BCUT2D eigenvalue weighted by Gasteiger charge is 2.22. The molecule has 7 heteroatoms. The van der Waals surface area contributed by atoms with Crippen LogP contribution >= 0.6 is 11.3 Å². The number of carbonyl (C=O) groups excluding carboxylic acids is 1. The summed E-state index contributed by atoms with van der Waals surface area (Å²) in [6, 6.07) is 3.38. The summed E-state index contributed by atoms with van der Waals surface area (Å²) in [6.07, 6.45) is 7.09. The quantitative estimate of drug-likeness (QED) is 0.826. The fourth-order valence-corrected chi connectivity index (χ4v) is 4.03. The zero-order chi connectivity index (χ0) is 17.6. The van der Waals surface area contributed by atoms with Crippen molar-refractivity contribution in [1.82, 2.24) is 20.5 Å². The van der Waals surface area contributed by atoms with Gasteiger partial charge in [0.05, 0.1) is 10.9 Å². The van der Waals surface area contributed by atoms with Gasteiger partial charge in [0.2, 0.25) is 5.91 Å². The van der Waals surface area contributed by atoms with Gasteiger partial charge in [0.1, 0.15) is 0 Å². The Labute approximate surface area is 151 Å². The van der Waals surface area contributed by atoms with Gasteiger partial charge < -0.3 is 10.3 Å². The highest BCUT2D eigenvalue weighted by molar-refractivity contribution is 7.13. The molecule has 1 atom stereocenters. The van der Waals surface area contributed by atoms with E-state index in [1.54, 1.807) is 0 Å². The smallest absolute Gasteiger partial charge is 0.275 e. The number of carbonyl (C=O) groups is 1. The number of nitrogens with zero attached hydrogens (tertiary/aromatic N) is 2. The van der Waals surface area contributed by atoms with E-state index >= 15 is 0 Å². The molecular formula is C18H24N4O2S. The second-order valence-electron chi connectivity index (χ2n) is 6.60. The maximum atomic E-state index is 12.4. The Bertz CT molecular complexity index is 751. The summed E-state index contributed by atoms with van der Waals surface area (Å²) in [6.45, 7) is 1.93. The summed E-state index contributed by atoms with van der Waals surface area (Å²) in [7, 11) is 0. The lowest BCUT2D eigenvalue weighted by Crippen LogP contribution is -2.34. The van der Waals surface area contributed by atoms with Crippen molar-refractivity contribution in [1.29, 1.82) is 0 Å². The van der Waals surface area contributed by atoms with E-state index in [4.69, 9.17) is 0 Å². The molecule has 2 aromatic rings. The van der Waals surface area contributed by atoms with Crippen LogP contribution in [0.2, 0.25) is 0 Å². The lowest BCUT2D eigenvalue weighted by atomic mass is 9.87. The summed E-state index contributed by atoms with van der Waals surface area (Å²) < 4.78 is 0. The van der Waals surface area contributed by atoms with Crippen molar-refractivity contribution in [3.05, 3.63) is 33.6 Å². The van der Waals surface area contributed by atoms with Crippen molar-refractivity contribution in [2.45, 2.75) is 57.9 Å². The third kappa shape index (κ3) is 4.54. The molecule has 2 heterocycles. The molecule has 134 valence electrons. The van der Waals surface area contributed by atoms with Crippen molar-refractivity contribution in [3.8, 4) is 10.7 Å². The summed E-state index contributed by atoms with van der Waals surface area (Å²) >= 11 is 1.49. The standard InChI is InChI=1S/C18H24N4O2S/c1-2-13(19-15(23)11-12-7-4-3-5-8-12)16-18(24)20-17(22-21-16)14-9-6-10-25-14/h6,9-10,12-13H,2-5,7-8,11H2,1H3,(H,19,23)(H,20,22,24). The molecule has 1 amide bonds. The summed E-state index contributed by atoms with van der Waals surface area (Å²) in [4.78, 5) is 28.4. The second-order valence-corrected chi connectivity index (χ2v) is 7.55. The Balaban J connectivity index is 1.67.